The smallest absolute Gasteiger partial charge is 0.251 e. The SMILES string of the molecule is CCCCCCCCCNC(=O)c1ccc2ccccc2c1. The summed E-state index contributed by atoms with van der Waals surface area (Å²) in [7, 11) is 0. The van der Waals surface area contributed by atoms with Crippen LogP contribution >= 0.6 is 0 Å². The maximum atomic E-state index is 12.2. The second kappa shape index (κ2) is 9.24. The number of hydrogen-bond donors (Lipinski definition) is 1. The van der Waals surface area contributed by atoms with Gasteiger partial charge in [-0.1, -0.05) is 75.8 Å². The molecule has 0 saturated heterocycles. The first kappa shape index (κ1) is 16.5. The first-order chi connectivity index (χ1) is 10.8. The van der Waals surface area contributed by atoms with Gasteiger partial charge in [-0.3, -0.25) is 4.79 Å². The van der Waals surface area contributed by atoms with Gasteiger partial charge in [0.1, 0.15) is 0 Å². The van der Waals surface area contributed by atoms with Gasteiger partial charge >= 0.3 is 0 Å². The minimum atomic E-state index is 0.0386. The van der Waals surface area contributed by atoms with E-state index in [9.17, 15) is 4.79 Å². The summed E-state index contributed by atoms with van der Waals surface area (Å²) in [4.78, 5) is 12.2. The lowest BCUT2D eigenvalue weighted by atomic mass is 10.1. The lowest BCUT2D eigenvalue weighted by Gasteiger charge is -2.06. The largest absolute Gasteiger partial charge is 0.352 e. The number of carbonyl (C=O) groups is 1. The van der Waals surface area contributed by atoms with Gasteiger partial charge < -0.3 is 5.32 Å². The van der Waals surface area contributed by atoms with E-state index in [4.69, 9.17) is 0 Å². The van der Waals surface area contributed by atoms with Crippen molar-refractivity contribution >= 4 is 16.7 Å². The van der Waals surface area contributed by atoms with E-state index in [1.165, 1.54) is 43.9 Å². The molecule has 2 nitrogen and oxygen atoms in total. The molecule has 2 heteroatoms. The Bertz CT molecular complexity index is 591. The third-order valence-electron chi connectivity index (χ3n) is 4.08. The van der Waals surface area contributed by atoms with Crippen molar-refractivity contribution in [3.8, 4) is 0 Å². The van der Waals surface area contributed by atoms with Gasteiger partial charge in [0.05, 0.1) is 0 Å². The average molecular weight is 297 g/mol. The van der Waals surface area contributed by atoms with Crippen molar-refractivity contribution in [2.45, 2.75) is 51.9 Å². The highest BCUT2D eigenvalue weighted by Crippen LogP contribution is 2.15. The van der Waals surface area contributed by atoms with Crippen LogP contribution in [-0.2, 0) is 0 Å². The Labute approximate surface area is 133 Å². The predicted octanol–water partition coefficient (Wildman–Crippen LogP) is 5.32. The first-order valence-electron chi connectivity index (χ1n) is 8.58. The topological polar surface area (TPSA) is 29.1 Å². The van der Waals surface area contributed by atoms with Crippen molar-refractivity contribution in [1.82, 2.24) is 5.32 Å². The summed E-state index contributed by atoms with van der Waals surface area (Å²) in [6, 6.07) is 14.0. The van der Waals surface area contributed by atoms with E-state index in [1.807, 2.05) is 36.4 Å². The molecule has 118 valence electrons. The molecule has 2 aromatic carbocycles. The molecule has 0 radical (unpaired) electrons. The van der Waals surface area contributed by atoms with E-state index in [0.29, 0.717) is 0 Å². The van der Waals surface area contributed by atoms with Gasteiger partial charge in [0.2, 0.25) is 0 Å². The lowest BCUT2D eigenvalue weighted by Crippen LogP contribution is -2.24. The van der Waals surface area contributed by atoms with Crippen LogP contribution in [0.2, 0.25) is 0 Å². The van der Waals surface area contributed by atoms with Crippen molar-refractivity contribution in [3.05, 3.63) is 48.0 Å². The summed E-state index contributed by atoms with van der Waals surface area (Å²) < 4.78 is 0. The molecule has 0 aliphatic rings. The number of hydrogen-bond acceptors (Lipinski definition) is 1. The summed E-state index contributed by atoms with van der Waals surface area (Å²) in [5, 5.41) is 5.32. The van der Waals surface area contributed by atoms with Crippen LogP contribution in [0.15, 0.2) is 42.5 Å². The molecular formula is C20H27NO. The Kier molecular flexibility index (Phi) is 6.95. The van der Waals surface area contributed by atoms with E-state index in [1.54, 1.807) is 0 Å². The quantitative estimate of drug-likeness (QED) is 0.623. The van der Waals surface area contributed by atoms with Crippen LogP contribution < -0.4 is 5.32 Å². The monoisotopic (exact) mass is 297 g/mol. The Balaban J connectivity index is 1.70. The average Bonchev–Trinajstić information content (AvgIpc) is 2.56. The highest BCUT2D eigenvalue weighted by atomic mass is 16.1. The molecule has 0 aliphatic heterocycles. The van der Waals surface area contributed by atoms with E-state index >= 15 is 0 Å². The van der Waals surface area contributed by atoms with Gasteiger partial charge in [-0.15, -0.1) is 0 Å². The third-order valence-corrected chi connectivity index (χ3v) is 4.08. The van der Waals surface area contributed by atoms with Crippen molar-refractivity contribution in [2.24, 2.45) is 0 Å². The highest BCUT2D eigenvalue weighted by Gasteiger charge is 2.05. The Hall–Kier alpha value is -1.83. The zero-order valence-electron chi connectivity index (χ0n) is 13.6. The van der Waals surface area contributed by atoms with E-state index in [2.05, 4.69) is 18.3 Å². The molecule has 1 amide bonds. The molecule has 1 N–H and O–H groups in total. The molecule has 0 bridgehead atoms. The fourth-order valence-corrected chi connectivity index (χ4v) is 2.72. The molecule has 0 saturated carbocycles. The molecule has 0 aliphatic carbocycles. The van der Waals surface area contributed by atoms with Crippen LogP contribution in [0.5, 0.6) is 0 Å². The van der Waals surface area contributed by atoms with Gasteiger partial charge in [-0.25, -0.2) is 0 Å². The standard InChI is InChI=1S/C20H27NO/c1-2-3-4-5-6-7-10-15-21-20(22)19-14-13-17-11-8-9-12-18(17)16-19/h8-9,11-14,16H,2-7,10,15H2,1H3,(H,21,22). The van der Waals surface area contributed by atoms with Gasteiger partial charge in [0.15, 0.2) is 0 Å². The van der Waals surface area contributed by atoms with Crippen LogP contribution in [0.1, 0.15) is 62.2 Å². The summed E-state index contributed by atoms with van der Waals surface area (Å²) in [6.07, 6.45) is 8.88. The van der Waals surface area contributed by atoms with Crippen LogP contribution in [0.25, 0.3) is 10.8 Å². The molecule has 0 aromatic heterocycles. The molecule has 22 heavy (non-hydrogen) atoms. The van der Waals surface area contributed by atoms with Crippen LogP contribution in [0.3, 0.4) is 0 Å². The maximum Gasteiger partial charge on any atom is 0.251 e. The minimum Gasteiger partial charge on any atom is -0.352 e. The second-order valence-electron chi connectivity index (χ2n) is 5.94. The molecule has 0 unspecified atom stereocenters. The van der Waals surface area contributed by atoms with Gasteiger partial charge in [0, 0.05) is 12.1 Å². The Morgan fingerprint density at radius 2 is 1.55 bits per heavy atom. The number of amides is 1. The maximum absolute atomic E-state index is 12.2. The molecule has 0 spiro atoms. The summed E-state index contributed by atoms with van der Waals surface area (Å²) in [5.74, 6) is 0.0386. The van der Waals surface area contributed by atoms with Gasteiger partial charge in [-0.05, 0) is 29.3 Å². The van der Waals surface area contributed by atoms with Crippen molar-refractivity contribution in [2.75, 3.05) is 6.54 Å². The minimum absolute atomic E-state index is 0.0386. The van der Waals surface area contributed by atoms with Crippen LogP contribution in [0, 0.1) is 0 Å². The molecule has 0 atom stereocenters. The highest BCUT2D eigenvalue weighted by molar-refractivity contribution is 5.98. The van der Waals surface area contributed by atoms with Crippen LogP contribution in [-0.4, -0.2) is 12.5 Å². The Morgan fingerprint density at radius 3 is 2.32 bits per heavy atom. The first-order valence-corrected chi connectivity index (χ1v) is 8.58. The van der Waals surface area contributed by atoms with E-state index < -0.39 is 0 Å². The van der Waals surface area contributed by atoms with Gasteiger partial charge in [-0.2, -0.15) is 0 Å². The normalized spacial score (nSPS) is 10.8. The molecule has 0 heterocycles. The number of benzene rings is 2. The van der Waals surface area contributed by atoms with Crippen LogP contribution in [0.4, 0.5) is 0 Å². The van der Waals surface area contributed by atoms with Crippen molar-refractivity contribution in [3.63, 3.8) is 0 Å². The molecular weight excluding hydrogens is 270 g/mol. The second-order valence-corrected chi connectivity index (χ2v) is 5.94. The fourth-order valence-electron chi connectivity index (χ4n) is 2.72. The fraction of sp³-hybridized carbons (Fsp3) is 0.450. The molecule has 2 aromatic rings. The number of carbonyl (C=O) groups excluding carboxylic acids is 1. The summed E-state index contributed by atoms with van der Waals surface area (Å²) in [5.41, 5.74) is 0.752. The van der Waals surface area contributed by atoms with Crippen molar-refractivity contribution in [1.29, 1.82) is 0 Å². The number of rotatable bonds is 9. The predicted molar refractivity (Wildman–Crippen MR) is 94.3 cm³/mol. The molecule has 2 rings (SSSR count). The van der Waals surface area contributed by atoms with E-state index in [-0.39, 0.29) is 5.91 Å². The zero-order valence-corrected chi connectivity index (χ0v) is 13.6. The summed E-state index contributed by atoms with van der Waals surface area (Å²) >= 11 is 0. The number of unbranched alkanes of at least 4 members (excludes halogenated alkanes) is 6. The van der Waals surface area contributed by atoms with E-state index in [0.717, 1.165) is 23.9 Å². The number of nitrogens with one attached hydrogen (secondary N) is 1. The third kappa shape index (κ3) is 5.18. The van der Waals surface area contributed by atoms with Crippen molar-refractivity contribution < 1.29 is 4.79 Å². The summed E-state index contributed by atoms with van der Waals surface area (Å²) in [6.45, 7) is 3.02. The van der Waals surface area contributed by atoms with Gasteiger partial charge in [0.25, 0.3) is 5.91 Å². The molecule has 0 fully saturated rings. The number of fused-ring (bicyclic) bond motifs is 1. The lowest BCUT2D eigenvalue weighted by molar-refractivity contribution is 0.0953. The Morgan fingerprint density at radius 1 is 0.864 bits per heavy atom. The zero-order chi connectivity index (χ0) is 15.6.